The van der Waals surface area contributed by atoms with Crippen LogP contribution in [0.1, 0.15) is 33.1 Å². The number of alkyl halides is 1. The average Bonchev–Trinajstić information content (AvgIpc) is 3.18. The molecule has 0 radical (unpaired) electrons. The van der Waals surface area contributed by atoms with Crippen LogP contribution in [0.2, 0.25) is 5.02 Å². The number of ether oxygens (including phenoxy) is 1. The van der Waals surface area contributed by atoms with Gasteiger partial charge in [0.25, 0.3) is 0 Å². The minimum absolute atomic E-state index is 0.00418. The number of allylic oxidation sites excluding steroid dienone is 3. The predicted molar refractivity (Wildman–Crippen MR) is 129 cm³/mol. The normalized spacial score (nSPS) is 27.5. The van der Waals surface area contributed by atoms with E-state index >= 15 is 0 Å². The van der Waals surface area contributed by atoms with Crippen molar-refractivity contribution >= 4 is 23.2 Å². The van der Waals surface area contributed by atoms with Crippen LogP contribution in [0.5, 0.6) is 0 Å². The van der Waals surface area contributed by atoms with E-state index in [0.29, 0.717) is 30.2 Å². The van der Waals surface area contributed by atoms with Gasteiger partial charge in [-0.15, -0.1) is 11.6 Å². The van der Waals surface area contributed by atoms with Crippen LogP contribution < -0.4 is 5.32 Å². The van der Waals surface area contributed by atoms with Crippen molar-refractivity contribution in [2.45, 2.75) is 44.5 Å². The van der Waals surface area contributed by atoms with Crippen LogP contribution >= 0.6 is 23.2 Å². The van der Waals surface area contributed by atoms with Crippen LogP contribution in [0.15, 0.2) is 59.5 Å². The van der Waals surface area contributed by atoms with Gasteiger partial charge in [-0.2, -0.15) is 5.26 Å². The fourth-order valence-electron chi connectivity index (χ4n) is 4.76. The van der Waals surface area contributed by atoms with Crippen molar-refractivity contribution in [1.82, 2.24) is 5.32 Å². The number of nitriles is 1. The lowest BCUT2D eigenvalue weighted by Crippen LogP contribution is -2.34. The maximum Gasteiger partial charge on any atom is 0.124 e. The van der Waals surface area contributed by atoms with Gasteiger partial charge < -0.3 is 10.1 Å². The van der Waals surface area contributed by atoms with Gasteiger partial charge in [0.2, 0.25) is 0 Å². The molecule has 0 aromatic heterocycles. The summed E-state index contributed by atoms with van der Waals surface area (Å²) in [4.78, 5) is 0. The molecule has 1 aromatic carbocycles. The zero-order valence-electron chi connectivity index (χ0n) is 19.0. The Morgan fingerprint density at radius 2 is 2.09 bits per heavy atom. The number of benzene rings is 1. The predicted octanol–water partition coefficient (Wildman–Crippen LogP) is 6.75. The van der Waals surface area contributed by atoms with Crippen molar-refractivity contribution in [3.05, 3.63) is 70.3 Å². The van der Waals surface area contributed by atoms with Gasteiger partial charge in [-0.25, -0.2) is 8.78 Å². The summed E-state index contributed by atoms with van der Waals surface area (Å²) in [6.07, 6.45) is 8.21. The molecule has 3 nitrogen and oxygen atoms in total. The molecule has 2 aliphatic heterocycles. The van der Waals surface area contributed by atoms with Gasteiger partial charge >= 0.3 is 0 Å². The molecule has 0 bridgehead atoms. The average molecular weight is 495 g/mol. The highest BCUT2D eigenvalue weighted by Gasteiger charge is 2.42. The van der Waals surface area contributed by atoms with E-state index in [1.54, 1.807) is 12.1 Å². The smallest absolute Gasteiger partial charge is 0.124 e. The van der Waals surface area contributed by atoms with E-state index in [1.165, 1.54) is 17.7 Å². The van der Waals surface area contributed by atoms with Gasteiger partial charge in [-0.1, -0.05) is 55.3 Å². The van der Waals surface area contributed by atoms with E-state index in [2.05, 4.69) is 31.3 Å². The molecule has 0 amide bonds. The van der Waals surface area contributed by atoms with E-state index in [1.807, 2.05) is 12.2 Å². The third kappa shape index (κ3) is 6.67. The molecule has 33 heavy (non-hydrogen) atoms. The fraction of sp³-hybridized carbons (Fsp3) is 0.500. The number of nitrogens with zero attached hydrogens (tertiary/aromatic N) is 1. The van der Waals surface area contributed by atoms with Crippen molar-refractivity contribution in [3.63, 3.8) is 0 Å². The summed E-state index contributed by atoms with van der Waals surface area (Å²) in [5.41, 5.74) is 2.00. The first-order valence-electron chi connectivity index (χ1n) is 11.2. The Balaban J connectivity index is 0.000000323. The standard InChI is InChI=1S/C20H26ClFN2O.C6H4ClF/c1-20(2,13-6-8-25-9-7-13)10-18-15(11-23)16(12-24-18)14-4-3-5-17(21)19(14)22;7-5-2-1-3-6(8)4-5/h3-4,6,15-18,24H,5,7-10,12H2,1-2H3;1-4H. The third-order valence-corrected chi connectivity index (χ3v) is 7.16. The first-order chi connectivity index (χ1) is 15.7. The summed E-state index contributed by atoms with van der Waals surface area (Å²) in [6, 6.07) is 8.31. The SMILES string of the molecule is CC(C)(CC1NCC(C2=C(F)C(Cl)CC=C2)C1C#N)C1=CCOCC1.Fc1cccc(Cl)c1. The molecule has 0 spiro atoms. The minimum atomic E-state index is -0.595. The molecule has 1 aliphatic carbocycles. The second-order valence-corrected chi connectivity index (χ2v) is 10.2. The highest BCUT2D eigenvalue weighted by Crippen LogP contribution is 2.42. The molecule has 7 heteroatoms. The quantitative estimate of drug-likeness (QED) is 0.371. The van der Waals surface area contributed by atoms with Crippen LogP contribution in [0.3, 0.4) is 0 Å². The van der Waals surface area contributed by atoms with Crippen molar-refractivity contribution in [3.8, 4) is 6.07 Å². The zero-order chi connectivity index (χ0) is 24.0. The summed E-state index contributed by atoms with van der Waals surface area (Å²) >= 11 is 11.5. The summed E-state index contributed by atoms with van der Waals surface area (Å²) in [7, 11) is 0. The van der Waals surface area contributed by atoms with Gasteiger partial charge in [0, 0.05) is 23.5 Å². The van der Waals surface area contributed by atoms with E-state index in [0.717, 1.165) is 19.4 Å². The molecule has 3 aliphatic rings. The molecule has 1 aromatic rings. The van der Waals surface area contributed by atoms with Crippen LogP contribution in [0.25, 0.3) is 0 Å². The summed E-state index contributed by atoms with van der Waals surface area (Å²) < 4.78 is 32.0. The minimum Gasteiger partial charge on any atom is -0.377 e. The molecular formula is C26H30Cl2F2N2O. The summed E-state index contributed by atoms with van der Waals surface area (Å²) in [6.45, 7) is 6.50. The highest BCUT2D eigenvalue weighted by atomic mass is 35.5. The molecule has 4 atom stereocenters. The van der Waals surface area contributed by atoms with Gasteiger partial charge in [-0.05, 0) is 48.4 Å². The lowest BCUT2D eigenvalue weighted by atomic mass is 9.73. The number of nitrogens with one attached hydrogen (secondary N) is 1. The topological polar surface area (TPSA) is 45.0 Å². The van der Waals surface area contributed by atoms with Crippen LogP contribution in [0.4, 0.5) is 8.78 Å². The fourth-order valence-corrected chi connectivity index (χ4v) is 5.16. The maximum atomic E-state index is 14.5. The van der Waals surface area contributed by atoms with Gasteiger partial charge in [-0.3, -0.25) is 0 Å². The van der Waals surface area contributed by atoms with Crippen LogP contribution in [-0.4, -0.2) is 31.2 Å². The zero-order valence-corrected chi connectivity index (χ0v) is 20.5. The number of hydrogen-bond acceptors (Lipinski definition) is 3. The lowest BCUT2D eigenvalue weighted by Gasteiger charge is -2.34. The van der Waals surface area contributed by atoms with Crippen molar-refractivity contribution in [1.29, 1.82) is 5.26 Å². The van der Waals surface area contributed by atoms with Crippen molar-refractivity contribution < 1.29 is 13.5 Å². The number of rotatable bonds is 4. The maximum absolute atomic E-state index is 14.5. The first-order valence-corrected chi connectivity index (χ1v) is 12.1. The second kappa shape index (κ2) is 11.6. The van der Waals surface area contributed by atoms with Gasteiger partial charge in [0.15, 0.2) is 0 Å². The van der Waals surface area contributed by atoms with E-state index in [4.69, 9.17) is 27.9 Å². The third-order valence-electron chi connectivity index (χ3n) is 6.56. The van der Waals surface area contributed by atoms with Crippen molar-refractivity contribution in [2.75, 3.05) is 19.8 Å². The first kappa shape index (κ1) is 25.9. The molecule has 0 saturated carbocycles. The van der Waals surface area contributed by atoms with Gasteiger partial charge in [0.05, 0.1) is 30.6 Å². The molecule has 1 fully saturated rings. The Kier molecular flexibility index (Phi) is 9.12. The van der Waals surface area contributed by atoms with Crippen molar-refractivity contribution in [2.24, 2.45) is 17.3 Å². The van der Waals surface area contributed by atoms with E-state index < -0.39 is 5.38 Å². The molecular weight excluding hydrogens is 465 g/mol. The van der Waals surface area contributed by atoms with Crippen LogP contribution in [-0.2, 0) is 4.74 Å². The lowest BCUT2D eigenvalue weighted by molar-refractivity contribution is 0.143. The Bertz CT molecular complexity index is 950. The molecule has 2 heterocycles. The largest absolute Gasteiger partial charge is 0.377 e. The monoisotopic (exact) mass is 494 g/mol. The Labute approximate surface area is 205 Å². The van der Waals surface area contributed by atoms with E-state index in [-0.39, 0.29) is 34.9 Å². The van der Waals surface area contributed by atoms with Gasteiger partial charge in [0.1, 0.15) is 11.6 Å². The molecule has 1 N–H and O–H groups in total. The van der Waals surface area contributed by atoms with Crippen LogP contribution in [0, 0.1) is 34.4 Å². The summed E-state index contributed by atoms with van der Waals surface area (Å²) in [5.74, 6) is -0.930. The molecule has 4 rings (SSSR count). The number of halogens is 4. The summed E-state index contributed by atoms with van der Waals surface area (Å²) in [5, 5.41) is 13.1. The molecule has 1 saturated heterocycles. The Morgan fingerprint density at radius 3 is 2.70 bits per heavy atom. The highest BCUT2D eigenvalue weighted by molar-refractivity contribution is 6.30. The molecule has 4 unspecified atom stereocenters. The van der Waals surface area contributed by atoms with E-state index in [9.17, 15) is 14.0 Å². The Hall–Kier alpha value is -1.71. The number of hydrogen-bond donors (Lipinski definition) is 1. The Morgan fingerprint density at radius 1 is 1.30 bits per heavy atom. The second-order valence-electron chi connectivity index (χ2n) is 9.27. The molecule has 178 valence electrons.